The molecule has 2 N–H and O–H groups in total. The van der Waals surface area contributed by atoms with Crippen LogP contribution in [0.5, 0.6) is 0 Å². The Labute approximate surface area is 111 Å². The van der Waals surface area contributed by atoms with Crippen molar-refractivity contribution in [1.29, 1.82) is 0 Å². The second-order valence-electron chi connectivity index (χ2n) is 4.79. The van der Waals surface area contributed by atoms with Crippen LogP contribution in [0.3, 0.4) is 0 Å². The van der Waals surface area contributed by atoms with E-state index >= 15 is 0 Å². The number of aryl methyl sites for hydroxylation is 1. The van der Waals surface area contributed by atoms with Crippen molar-refractivity contribution in [3.63, 3.8) is 0 Å². The summed E-state index contributed by atoms with van der Waals surface area (Å²) in [5, 5.41) is 0.471. The van der Waals surface area contributed by atoms with E-state index in [9.17, 15) is 0 Å². The summed E-state index contributed by atoms with van der Waals surface area (Å²) < 4.78 is 2.05. The average molecular weight is 259 g/mol. The van der Waals surface area contributed by atoms with Gasteiger partial charge in [-0.05, 0) is 18.1 Å². The molecule has 1 aliphatic heterocycles. The van der Waals surface area contributed by atoms with Crippen LogP contribution in [-0.4, -0.2) is 20.8 Å². The Kier molecular flexibility index (Phi) is 3.14. The van der Waals surface area contributed by atoms with Crippen molar-refractivity contribution in [3.05, 3.63) is 48.0 Å². The van der Waals surface area contributed by atoms with Gasteiger partial charge >= 0.3 is 0 Å². The van der Waals surface area contributed by atoms with Crippen molar-refractivity contribution in [3.8, 4) is 0 Å². The predicted octanol–water partition coefficient (Wildman–Crippen LogP) is 2.01. The summed E-state index contributed by atoms with van der Waals surface area (Å²) >= 11 is 1.91. The van der Waals surface area contributed by atoms with Crippen molar-refractivity contribution < 1.29 is 0 Å². The summed E-state index contributed by atoms with van der Waals surface area (Å²) in [5.41, 5.74) is 7.78. The van der Waals surface area contributed by atoms with Crippen molar-refractivity contribution in [2.24, 2.45) is 12.8 Å². The molecule has 18 heavy (non-hydrogen) atoms. The van der Waals surface area contributed by atoms with Crippen molar-refractivity contribution >= 4 is 11.8 Å². The zero-order valence-corrected chi connectivity index (χ0v) is 11.2. The summed E-state index contributed by atoms with van der Waals surface area (Å²) in [6.07, 6.45) is 5.72. The topological polar surface area (TPSA) is 43.8 Å². The van der Waals surface area contributed by atoms with Gasteiger partial charge < -0.3 is 10.3 Å². The molecule has 1 aromatic heterocycles. The summed E-state index contributed by atoms with van der Waals surface area (Å²) in [4.78, 5) is 5.74. The third-order valence-corrected chi connectivity index (χ3v) is 4.96. The van der Waals surface area contributed by atoms with E-state index in [1.807, 2.05) is 35.8 Å². The van der Waals surface area contributed by atoms with Crippen LogP contribution in [0.1, 0.15) is 11.4 Å². The average Bonchev–Trinajstić information content (AvgIpc) is 2.96. The predicted molar refractivity (Wildman–Crippen MR) is 74.7 cm³/mol. The summed E-state index contributed by atoms with van der Waals surface area (Å²) in [7, 11) is 2.02. The number of nitrogens with two attached hydrogens (primary N) is 1. The molecule has 2 aromatic rings. The number of hydrogen-bond acceptors (Lipinski definition) is 3. The number of benzene rings is 1. The molecule has 2 atom stereocenters. The molecule has 4 heteroatoms. The van der Waals surface area contributed by atoms with E-state index in [-0.39, 0.29) is 6.04 Å². The number of fused-ring (bicyclic) bond motifs is 1. The second kappa shape index (κ2) is 4.78. The van der Waals surface area contributed by atoms with Gasteiger partial charge in [-0.3, -0.25) is 0 Å². The lowest BCUT2D eigenvalue weighted by Gasteiger charge is -2.17. The van der Waals surface area contributed by atoms with E-state index in [1.165, 1.54) is 10.5 Å². The van der Waals surface area contributed by atoms with Crippen molar-refractivity contribution in [1.82, 2.24) is 9.55 Å². The molecule has 0 fully saturated rings. The van der Waals surface area contributed by atoms with Crippen LogP contribution in [0.4, 0.5) is 0 Å². The normalized spacial score (nSPS) is 19.8. The summed E-state index contributed by atoms with van der Waals surface area (Å²) in [5.74, 6) is 1.07. The van der Waals surface area contributed by atoms with E-state index in [2.05, 4.69) is 29.2 Å². The third kappa shape index (κ3) is 2.18. The van der Waals surface area contributed by atoms with Crippen LogP contribution in [0.15, 0.2) is 41.6 Å². The first-order valence-electron chi connectivity index (χ1n) is 6.20. The first-order valence-corrected chi connectivity index (χ1v) is 7.08. The first-order chi connectivity index (χ1) is 8.74. The van der Waals surface area contributed by atoms with Gasteiger partial charge in [-0.25, -0.2) is 4.98 Å². The van der Waals surface area contributed by atoms with E-state index < -0.39 is 0 Å². The number of rotatable bonds is 3. The van der Waals surface area contributed by atoms with Gasteiger partial charge in [0.05, 0.1) is 0 Å². The molecule has 94 valence electrons. The standard InChI is InChI=1S/C14H17N3S/c1-17-7-6-16-14(17)9-11(15)13-8-10-4-2-3-5-12(10)18-13/h2-7,11,13H,8-9,15H2,1H3. The number of aromatic nitrogens is 2. The van der Waals surface area contributed by atoms with Gasteiger partial charge in [0.25, 0.3) is 0 Å². The van der Waals surface area contributed by atoms with Gasteiger partial charge in [-0.15, -0.1) is 11.8 Å². The molecule has 0 saturated carbocycles. The van der Waals surface area contributed by atoms with Gasteiger partial charge in [0.15, 0.2) is 0 Å². The Morgan fingerprint density at radius 1 is 1.50 bits per heavy atom. The first kappa shape index (κ1) is 11.8. The minimum atomic E-state index is 0.156. The Hall–Kier alpha value is -1.26. The molecule has 0 saturated heterocycles. The molecule has 1 aliphatic rings. The smallest absolute Gasteiger partial charge is 0.109 e. The number of nitrogens with zero attached hydrogens (tertiary/aromatic N) is 2. The van der Waals surface area contributed by atoms with Crippen LogP contribution in [0, 0.1) is 0 Å². The quantitative estimate of drug-likeness (QED) is 0.917. The SMILES string of the molecule is Cn1ccnc1CC(N)C1Cc2ccccc2S1. The highest BCUT2D eigenvalue weighted by Crippen LogP contribution is 2.38. The van der Waals surface area contributed by atoms with Gasteiger partial charge in [-0.2, -0.15) is 0 Å². The molecule has 2 heterocycles. The zero-order valence-electron chi connectivity index (χ0n) is 10.4. The minimum Gasteiger partial charge on any atom is -0.338 e. The summed E-state index contributed by atoms with van der Waals surface area (Å²) in [6, 6.07) is 8.75. The van der Waals surface area contributed by atoms with Crippen molar-refractivity contribution in [2.75, 3.05) is 0 Å². The van der Waals surface area contributed by atoms with E-state index in [0.29, 0.717) is 5.25 Å². The van der Waals surface area contributed by atoms with E-state index in [4.69, 9.17) is 5.73 Å². The lowest BCUT2D eigenvalue weighted by Crippen LogP contribution is -2.35. The van der Waals surface area contributed by atoms with Crippen LogP contribution in [0.25, 0.3) is 0 Å². The number of hydrogen-bond donors (Lipinski definition) is 1. The second-order valence-corrected chi connectivity index (χ2v) is 6.07. The van der Waals surface area contributed by atoms with E-state index in [1.54, 1.807) is 0 Å². The molecule has 0 radical (unpaired) electrons. The molecule has 3 rings (SSSR count). The third-order valence-electron chi connectivity index (χ3n) is 3.49. The Bertz CT molecular complexity index is 524. The highest BCUT2D eigenvalue weighted by Gasteiger charge is 2.27. The molecule has 0 spiro atoms. The maximum atomic E-state index is 6.34. The Balaban J connectivity index is 1.69. The molecule has 3 nitrogen and oxygen atoms in total. The Morgan fingerprint density at radius 3 is 3.06 bits per heavy atom. The maximum Gasteiger partial charge on any atom is 0.109 e. The maximum absolute atomic E-state index is 6.34. The van der Waals surface area contributed by atoms with Gasteiger partial charge in [0.2, 0.25) is 0 Å². The summed E-state index contributed by atoms with van der Waals surface area (Å²) in [6.45, 7) is 0. The van der Waals surface area contributed by atoms with Crippen LogP contribution in [-0.2, 0) is 19.9 Å². The van der Waals surface area contributed by atoms with Crippen LogP contribution >= 0.6 is 11.8 Å². The Morgan fingerprint density at radius 2 is 2.33 bits per heavy atom. The number of thioether (sulfide) groups is 1. The monoisotopic (exact) mass is 259 g/mol. The highest BCUT2D eigenvalue weighted by molar-refractivity contribution is 8.00. The molecular formula is C14H17N3S. The fourth-order valence-electron chi connectivity index (χ4n) is 2.38. The lowest BCUT2D eigenvalue weighted by molar-refractivity contribution is 0.599. The van der Waals surface area contributed by atoms with Crippen LogP contribution < -0.4 is 5.73 Å². The van der Waals surface area contributed by atoms with Gasteiger partial charge in [-0.1, -0.05) is 18.2 Å². The van der Waals surface area contributed by atoms with Gasteiger partial charge in [0, 0.05) is 42.0 Å². The minimum absolute atomic E-state index is 0.156. The van der Waals surface area contributed by atoms with Gasteiger partial charge in [0.1, 0.15) is 5.82 Å². The molecule has 0 aliphatic carbocycles. The molecule has 2 unspecified atom stereocenters. The number of imidazole rings is 1. The fourth-order valence-corrected chi connectivity index (χ4v) is 3.70. The molecule has 0 amide bonds. The fraction of sp³-hybridized carbons (Fsp3) is 0.357. The molecular weight excluding hydrogens is 242 g/mol. The molecule has 0 bridgehead atoms. The van der Waals surface area contributed by atoms with Crippen molar-refractivity contribution in [2.45, 2.75) is 29.0 Å². The molecule has 1 aromatic carbocycles. The largest absolute Gasteiger partial charge is 0.338 e. The van der Waals surface area contributed by atoms with Crippen LogP contribution in [0.2, 0.25) is 0 Å². The lowest BCUT2D eigenvalue weighted by atomic mass is 10.0. The zero-order chi connectivity index (χ0) is 12.5. The highest BCUT2D eigenvalue weighted by atomic mass is 32.2. The van der Waals surface area contributed by atoms with E-state index in [0.717, 1.165) is 18.7 Å².